The Morgan fingerprint density at radius 1 is 1.19 bits per heavy atom. The van der Waals surface area contributed by atoms with E-state index >= 15 is 0 Å². The SMILES string of the molecule is COc1cc(NC(=O)[C@H]2CC[C@@H](n3c(=O)[nH]c4c(Br)cccc43)CC2)cc(C(F)(F)F)c1. The summed E-state index contributed by atoms with van der Waals surface area (Å²) in [6.07, 6.45) is -2.26. The number of halogens is 4. The highest BCUT2D eigenvalue weighted by atomic mass is 79.9. The van der Waals surface area contributed by atoms with Gasteiger partial charge in [0.15, 0.2) is 0 Å². The normalized spacial score (nSPS) is 19.2. The van der Waals surface area contributed by atoms with E-state index in [2.05, 4.69) is 26.2 Å². The first kappa shape index (κ1) is 22.4. The van der Waals surface area contributed by atoms with E-state index < -0.39 is 11.7 Å². The molecule has 2 aromatic carbocycles. The van der Waals surface area contributed by atoms with Crippen molar-refractivity contribution >= 4 is 38.6 Å². The van der Waals surface area contributed by atoms with Crippen LogP contribution in [-0.4, -0.2) is 22.6 Å². The van der Waals surface area contributed by atoms with E-state index in [1.54, 1.807) is 4.57 Å². The van der Waals surface area contributed by atoms with Crippen molar-refractivity contribution in [3.8, 4) is 5.75 Å². The van der Waals surface area contributed by atoms with Crippen LogP contribution in [0.3, 0.4) is 0 Å². The number of hydrogen-bond donors (Lipinski definition) is 2. The summed E-state index contributed by atoms with van der Waals surface area (Å²) >= 11 is 3.44. The lowest BCUT2D eigenvalue weighted by Gasteiger charge is -2.28. The molecule has 1 aliphatic rings. The number of carbonyl (C=O) groups excluding carboxylic acids is 1. The number of para-hydroxylation sites is 1. The number of imidazole rings is 1. The van der Waals surface area contributed by atoms with Crippen molar-refractivity contribution in [2.45, 2.75) is 37.9 Å². The van der Waals surface area contributed by atoms with Gasteiger partial charge in [0.2, 0.25) is 5.91 Å². The fourth-order valence-corrected chi connectivity index (χ4v) is 4.72. The Morgan fingerprint density at radius 2 is 1.91 bits per heavy atom. The highest BCUT2D eigenvalue weighted by Gasteiger charge is 2.33. The third-order valence-corrected chi connectivity index (χ3v) is 6.53. The summed E-state index contributed by atoms with van der Waals surface area (Å²) in [6, 6.07) is 8.68. The largest absolute Gasteiger partial charge is 0.497 e. The minimum atomic E-state index is -4.55. The lowest BCUT2D eigenvalue weighted by Crippen LogP contribution is -2.31. The highest BCUT2D eigenvalue weighted by molar-refractivity contribution is 9.10. The van der Waals surface area contributed by atoms with Gasteiger partial charge in [-0.25, -0.2) is 4.79 Å². The minimum absolute atomic E-state index is 0.0173. The second-order valence-corrected chi connectivity index (χ2v) is 8.73. The number of ether oxygens (including phenoxy) is 1. The maximum absolute atomic E-state index is 13.1. The third kappa shape index (κ3) is 4.41. The van der Waals surface area contributed by atoms with Crippen molar-refractivity contribution in [1.82, 2.24) is 9.55 Å². The Balaban J connectivity index is 1.47. The highest BCUT2D eigenvalue weighted by Crippen LogP contribution is 2.36. The fourth-order valence-electron chi connectivity index (χ4n) is 4.27. The van der Waals surface area contributed by atoms with Crippen molar-refractivity contribution < 1.29 is 22.7 Å². The monoisotopic (exact) mass is 511 g/mol. The molecule has 3 aromatic rings. The van der Waals surface area contributed by atoms with Gasteiger partial charge < -0.3 is 15.0 Å². The van der Waals surface area contributed by atoms with Gasteiger partial charge in [0.25, 0.3) is 0 Å². The van der Waals surface area contributed by atoms with Crippen LogP contribution < -0.4 is 15.7 Å². The summed E-state index contributed by atoms with van der Waals surface area (Å²) in [5, 5.41) is 2.60. The number of H-pyrrole nitrogens is 1. The number of hydrogen-bond acceptors (Lipinski definition) is 3. The first-order valence-corrected chi connectivity index (χ1v) is 10.9. The molecule has 0 spiro atoms. The van der Waals surface area contributed by atoms with Crippen molar-refractivity contribution in [3.63, 3.8) is 0 Å². The summed E-state index contributed by atoms with van der Waals surface area (Å²) < 4.78 is 46.8. The van der Waals surface area contributed by atoms with Gasteiger partial charge in [-0.05, 0) is 65.9 Å². The van der Waals surface area contributed by atoms with E-state index in [1.807, 2.05) is 18.2 Å². The Labute approximate surface area is 189 Å². The van der Waals surface area contributed by atoms with Gasteiger partial charge in [0.1, 0.15) is 5.75 Å². The molecule has 170 valence electrons. The number of methoxy groups -OCH3 is 1. The summed E-state index contributed by atoms with van der Waals surface area (Å²) in [6.45, 7) is 0. The Kier molecular flexibility index (Phi) is 6.07. The first-order chi connectivity index (χ1) is 15.2. The third-order valence-electron chi connectivity index (χ3n) is 5.87. The Bertz CT molecular complexity index is 1210. The van der Waals surface area contributed by atoms with E-state index in [9.17, 15) is 22.8 Å². The molecule has 1 amide bonds. The van der Waals surface area contributed by atoms with Gasteiger partial charge in [0, 0.05) is 28.2 Å². The number of aromatic amines is 1. The van der Waals surface area contributed by atoms with E-state index in [-0.39, 0.29) is 35.0 Å². The number of anilines is 1. The van der Waals surface area contributed by atoms with Gasteiger partial charge in [0.05, 0.1) is 23.7 Å². The van der Waals surface area contributed by atoms with Gasteiger partial charge >= 0.3 is 11.9 Å². The molecule has 0 unspecified atom stereocenters. The predicted octanol–water partition coefficient (Wildman–Crippen LogP) is 5.49. The molecule has 10 heteroatoms. The van der Waals surface area contributed by atoms with Crippen molar-refractivity contribution in [2.24, 2.45) is 5.92 Å². The summed E-state index contributed by atoms with van der Waals surface area (Å²) in [7, 11) is 1.27. The van der Waals surface area contributed by atoms with Crippen LogP contribution in [0.4, 0.5) is 18.9 Å². The number of rotatable bonds is 4. The van der Waals surface area contributed by atoms with Crippen molar-refractivity contribution in [1.29, 1.82) is 0 Å². The molecule has 1 heterocycles. The van der Waals surface area contributed by atoms with Gasteiger partial charge in [-0.3, -0.25) is 9.36 Å². The molecule has 0 radical (unpaired) electrons. The molecule has 0 bridgehead atoms. The Hall–Kier alpha value is -2.75. The maximum Gasteiger partial charge on any atom is 0.416 e. The van der Waals surface area contributed by atoms with Crippen LogP contribution in [0.15, 0.2) is 45.7 Å². The molecule has 0 atom stereocenters. The van der Waals surface area contributed by atoms with Crippen LogP contribution in [0.2, 0.25) is 0 Å². The average Bonchev–Trinajstić information content (AvgIpc) is 3.10. The smallest absolute Gasteiger partial charge is 0.416 e. The number of aromatic nitrogens is 2. The standard InChI is InChI=1S/C22H21BrF3N3O3/c1-32-16-10-13(22(24,25)26)9-14(11-16)27-20(30)12-5-7-15(8-6-12)29-18-4-2-3-17(23)19(18)28-21(29)31/h2-4,9-12,15H,5-8H2,1H3,(H,27,30)(H,28,31)/t12-,15+. The van der Waals surface area contributed by atoms with E-state index in [0.29, 0.717) is 25.7 Å². The number of benzene rings is 2. The zero-order valence-electron chi connectivity index (χ0n) is 17.1. The maximum atomic E-state index is 13.1. The first-order valence-electron chi connectivity index (χ1n) is 10.1. The second-order valence-electron chi connectivity index (χ2n) is 7.88. The molecule has 0 saturated heterocycles. The predicted molar refractivity (Wildman–Crippen MR) is 118 cm³/mol. The van der Waals surface area contributed by atoms with Crippen LogP contribution in [0, 0.1) is 5.92 Å². The second kappa shape index (κ2) is 8.65. The molecule has 1 fully saturated rings. The Morgan fingerprint density at radius 3 is 2.56 bits per heavy atom. The fraction of sp³-hybridized carbons (Fsp3) is 0.364. The van der Waals surface area contributed by atoms with E-state index in [4.69, 9.17) is 4.74 Å². The lowest BCUT2D eigenvalue weighted by atomic mass is 9.85. The quantitative estimate of drug-likeness (QED) is 0.486. The van der Waals surface area contributed by atoms with Gasteiger partial charge in [-0.1, -0.05) is 6.07 Å². The zero-order chi connectivity index (χ0) is 23.0. The molecular formula is C22H21BrF3N3O3. The number of nitrogens with one attached hydrogen (secondary N) is 2. The minimum Gasteiger partial charge on any atom is -0.497 e. The van der Waals surface area contributed by atoms with Crippen LogP contribution in [0.1, 0.15) is 37.3 Å². The molecule has 2 N–H and O–H groups in total. The molecule has 1 aliphatic carbocycles. The van der Waals surface area contributed by atoms with Crippen LogP contribution in [0.5, 0.6) is 5.75 Å². The average molecular weight is 512 g/mol. The lowest BCUT2D eigenvalue weighted by molar-refractivity contribution is -0.137. The van der Waals surface area contributed by atoms with E-state index in [1.165, 1.54) is 13.2 Å². The van der Waals surface area contributed by atoms with Crippen LogP contribution >= 0.6 is 15.9 Å². The molecule has 4 rings (SSSR count). The number of alkyl halides is 3. The molecule has 0 aliphatic heterocycles. The zero-order valence-corrected chi connectivity index (χ0v) is 18.7. The molecule has 1 aromatic heterocycles. The van der Waals surface area contributed by atoms with E-state index in [0.717, 1.165) is 27.6 Å². The molecule has 6 nitrogen and oxygen atoms in total. The number of fused-ring (bicyclic) bond motifs is 1. The molecular weight excluding hydrogens is 491 g/mol. The van der Waals surface area contributed by atoms with Crippen molar-refractivity contribution in [3.05, 3.63) is 56.9 Å². The molecule has 1 saturated carbocycles. The van der Waals surface area contributed by atoms with Gasteiger partial charge in [-0.2, -0.15) is 13.2 Å². The number of nitrogens with zero attached hydrogens (tertiary/aromatic N) is 1. The summed E-state index contributed by atoms with van der Waals surface area (Å²) in [4.78, 5) is 28.1. The molecule has 32 heavy (non-hydrogen) atoms. The number of carbonyl (C=O) groups is 1. The van der Waals surface area contributed by atoms with Crippen LogP contribution in [-0.2, 0) is 11.0 Å². The number of amides is 1. The summed E-state index contributed by atoms with van der Waals surface area (Å²) in [5.41, 5.74) is 0.488. The van der Waals surface area contributed by atoms with Crippen LogP contribution in [0.25, 0.3) is 11.0 Å². The van der Waals surface area contributed by atoms with Crippen molar-refractivity contribution in [2.75, 3.05) is 12.4 Å². The topological polar surface area (TPSA) is 76.1 Å². The van der Waals surface area contributed by atoms with Gasteiger partial charge in [-0.15, -0.1) is 0 Å². The summed E-state index contributed by atoms with van der Waals surface area (Å²) in [5.74, 6) is -0.665.